The van der Waals surface area contributed by atoms with Gasteiger partial charge in [0.15, 0.2) is 0 Å². The number of fused-ring (bicyclic) bond motifs is 1. The van der Waals surface area contributed by atoms with Gasteiger partial charge in [-0.1, -0.05) is 13.0 Å². The molecule has 158 valence electrons. The van der Waals surface area contributed by atoms with Gasteiger partial charge < -0.3 is 9.55 Å². The van der Waals surface area contributed by atoms with Gasteiger partial charge in [0.25, 0.3) is 5.56 Å². The van der Waals surface area contributed by atoms with Crippen molar-refractivity contribution in [3.05, 3.63) is 81.3 Å². The van der Waals surface area contributed by atoms with E-state index in [1.165, 1.54) is 6.07 Å². The summed E-state index contributed by atoms with van der Waals surface area (Å²) in [4.78, 5) is 22.1. The zero-order valence-corrected chi connectivity index (χ0v) is 16.7. The third kappa shape index (κ3) is 4.18. The van der Waals surface area contributed by atoms with Crippen LogP contribution in [0.1, 0.15) is 41.7 Å². The van der Waals surface area contributed by atoms with E-state index >= 15 is 0 Å². The molecule has 0 radical (unpaired) electrons. The van der Waals surface area contributed by atoms with Crippen LogP contribution in [0.25, 0.3) is 5.69 Å². The monoisotopic (exact) mass is 416 g/mol. The van der Waals surface area contributed by atoms with Crippen LogP contribution in [0.2, 0.25) is 0 Å². The number of hydrogen-bond donors (Lipinski definition) is 1. The Kier molecular flexibility index (Phi) is 5.51. The van der Waals surface area contributed by atoms with Crippen LogP contribution in [0, 0.1) is 0 Å². The molecule has 8 heteroatoms. The summed E-state index contributed by atoms with van der Waals surface area (Å²) in [5, 5.41) is 0. The maximum Gasteiger partial charge on any atom is 0.416 e. The number of aryl methyl sites for hydroxylation is 1. The van der Waals surface area contributed by atoms with Gasteiger partial charge in [-0.15, -0.1) is 0 Å². The van der Waals surface area contributed by atoms with E-state index in [0.29, 0.717) is 30.8 Å². The average molecular weight is 416 g/mol. The van der Waals surface area contributed by atoms with Crippen LogP contribution in [-0.4, -0.2) is 26.0 Å². The van der Waals surface area contributed by atoms with Crippen LogP contribution < -0.4 is 5.56 Å². The van der Waals surface area contributed by atoms with Gasteiger partial charge in [-0.3, -0.25) is 9.69 Å². The third-order valence-corrected chi connectivity index (χ3v) is 5.35. The van der Waals surface area contributed by atoms with Crippen molar-refractivity contribution >= 4 is 0 Å². The van der Waals surface area contributed by atoms with Gasteiger partial charge in [-0.2, -0.15) is 13.2 Å². The average Bonchev–Trinajstić information content (AvgIpc) is 3.16. The summed E-state index contributed by atoms with van der Waals surface area (Å²) in [5.41, 5.74) is 2.09. The molecule has 3 heterocycles. The van der Waals surface area contributed by atoms with Crippen molar-refractivity contribution in [2.75, 3.05) is 6.54 Å². The summed E-state index contributed by atoms with van der Waals surface area (Å²) in [6.07, 6.45) is -0.282. The number of halogens is 3. The van der Waals surface area contributed by atoms with Crippen LogP contribution >= 0.6 is 0 Å². The topological polar surface area (TPSA) is 53.9 Å². The number of H-pyrrole nitrogens is 1. The number of aromatic amines is 1. The molecule has 0 spiro atoms. The number of nitrogens with zero attached hydrogens (tertiary/aromatic N) is 3. The fourth-order valence-electron chi connectivity index (χ4n) is 3.88. The van der Waals surface area contributed by atoms with Gasteiger partial charge in [-0.25, -0.2) is 4.98 Å². The zero-order chi connectivity index (χ0) is 21.3. The Hall–Kier alpha value is -2.87. The number of benzene rings is 1. The quantitative estimate of drug-likeness (QED) is 0.682. The first-order valence-electron chi connectivity index (χ1n) is 10.0. The van der Waals surface area contributed by atoms with Crippen molar-refractivity contribution < 1.29 is 13.2 Å². The summed E-state index contributed by atoms with van der Waals surface area (Å²) in [6.45, 7) is 3.78. The normalized spacial score (nSPS) is 14.7. The molecule has 0 saturated carbocycles. The van der Waals surface area contributed by atoms with Gasteiger partial charge >= 0.3 is 6.18 Å². The molecule has 2 aromatic heterocycles. The van der Waals surface area contributed by atoms with Crippen molar-refractivity contribution in [3.8, 4) is 5.69 Å². The molecule has 1 aliphatic heterocycles. The van der Waals surface area contributed by atoms with E-state index in [4.69, 9.17) is 0 Å². The highest BCUT2D eigenvalue weighted by molar-refractivity contribution is 5.39. The smallest absolute Gasteiger partial charge is 0.320 e. The number of hydrogen-bond acceptors (Lipinski definition) is 3. The van der Waals surface area contributed by atoms with Crippen molar-refractivity contribution in [2.45, 2.75) is 45.5 Å². The van der Waals surface area contributed by atoms with Gasteiger partial charge in [0.2, 0.25) is 0 Å². The molecular weight excluding hydrogens is 393 g/mol. The minimum absolute atomic E-state index is 0.0959. The molecule has 1 N–H and O–H groups in total. The van der Waals surface area contributed by atoms with Crippen molar-refractivity contribution in [1.29, 1.82) is 0 Å². The lowest BCUT2D eigenvalue weighted by Gasteiger charge is -2.28. The lowest BCUT2D eigenvalue weighted by Crippen LogP contribution is -2.36. The highest BCUT2D eigenvalue weighted by atomic mass is 19.4. The first-order chi connectivity index (χ1) is 14.3. The number of aromatic nitrogens is 3. The molecule has 1 aliphatic rings. The Bertz CT molecular complexity index is 1100. The Morgan fingerprint density at radius 2 is 2.03 bits per heavy atom. The first-order valence-corrected chi connectivity index (χ1v) is 10.0. The molecule has 0 saturated heterocycles. The van der Waals surface area contributed by atoms with E-state index in [0.717, 1.165) is 48.7 Å². The van der Waals surface area contributed by atoms with Crippen molar-refractivity contribution in [1.82, 2.24) is 19.4 Å². The molecule has 4 rings (SSSR count). The Balaban J connectivity index is 1.55. The molecule has 0 amide bonds. The highest BCUT2D eigenvalue weighted by Crippen LogP contribution is 2.30. The van der Waals surface area contributed by atoms with Gasteiger partial charge in [0, 0.05) is 50.1 Å². The Morgan fingerprint density at radius 1 is 1.20 bits per heavy atom. The molecule has 0 atom stereocenters. The Labute approximate surface area is 172 Å². The first kappa shape index (κ1) is 20.4. The molecule has 1 aromatic carbocycles. The summed E-state index contributed by atoms with van der Waals surface area (Å²) in [7, 11) is 0. The van der Waals surface area contributed by atoms with E-state index in [2.05, 4.69) is 14.9 Å². The minimum Gasteiger partial charge on any atom is -0.320 e. The molecular formula is C22H23F3N4O. The van der Waals surface area contributed by atoms with Crippen LogP contribution in [0.5, 0.6) is 0 Å². The minimum atomic E-state index is -4.38. The third-order valence-electron chi connectivity index (χ3n) is 5.35. The second-order valence-electron chi connectivity index (χ2n) is 7.57. The molecule has 3 aromatic rings. The molecule has 5 nitrogen and oxygen atoms in total. The zero-order valence-electron chi connectivity index (χ0n) is 16.7. The fraction of sp³-hybridized carbons (Fsp3) is 0.364. The number of nitrogens with one attached hydrogen (secondary N) is 1. The second kappa shape index (κ2) is 8.10. The van der Waals surface area contributed by atoms with E-state index in [-0.39, 0.29) is 5.56 Å². The summed E-state index contributed by atoms with van der Waals surface area (Å²) in [5.74, 6) is 0.730. The maximum absolute atomic E-state index is 13.1. The van der Waals surface area contributed by atoms with E-state index in [1.807, 2.05) is 19.1 Å². The van der Waals surface area contributed by atoms with Crippen LogP contribution in [0.4, 0.5) is 13.2 Å². The van der Waals surface area contributed by atoms with Crippen molar-refractivity contribution in [3.63, 3.8) is 0 Å². The molecule has 30 heavy (non-hydrogen) atoms. The van der Waals surface area contributed by atoms with E-state index in [9.17, 15) is 18.0 Å². The highest BCUT2D eigenvalue weighted by Gasteiger charge is 2.30. The summed E-state index contributed by atoms with van der Waals surface area (Å²) < 4.78 is 41.0. The lowest BCUT2D eigenvalue weighted by molar-refractivity contribution is -0.137. The van der Waals surface area contributed by atoms with Crippen LogP contribution in [0.15, 0.2) is 47.4 Å². The van der Waals surface area contributed by atoms with Crippen LogP contribution in [0.3, 0.4) is 0 Å². The molecule has 0 bridgehead atoms. The standard InChI is InChI=1S/C22H23F3N4O/c1-2-5-20-26-19-9-11-28(14-18(19)21(30)27-20)13-17-8-4-10-29(17)16-7-3-6-15(12-16)22(23,24)25/h3-4,6-8,10,12H,2,5,9,11,13-14H2,1H3,(H,26,27,30). The largest absolute Gasteiger partial charge is 0.416 e. The predicted molar refractivity (Wildman–Crippen MR) is 107 cm³/mol. The number of rotatable bonds is 5. The van der Waals surface area contributed by atoms with E-state index < -0.39 is 11.7 Å². The second-order valence-corrected chi connectivity index (χ2v) is 7.57. The maximum atomic E-state index is 13.1. The SMILES string of the molecule is CCCc1nc2c(c(=O)[nH]1)CN(Cc1cccn1-c1cccc(C(F)(F)F)c1)CC2. The number of alkyl halides is 3. The van der Waals surface area contributed by atoms with Crippen LogP contribution in [-0.2, 0) is 32.1 Å². The van der Waals surface area contributed by atoms with Gasteiger partial charge in [-0.05, 0) is 36.8 Å². The van der Waals surface area contributed by atoms with E-state index in [1.54, 1.807) is 16.8 Å². The van der Waals surface area contributed by atoms with Gasteiger partial charge in [0.1, 0.15) is 5.82 Å². The Morgan fingerprint density at radius 3 is 2.80 bits per heavy atom. The molecule has 0 unspecified atom stereocenters. The summed E-state index contributed by atoms with van der Waals surface area (Å²) >= 11 is 0. The predicted octanol–water partition coefficient (Wildman–Crippen LogP) is 4.09. The summed E-state index contributed by atoms with van der Waals surface area (Å²) in [6, 6.07) is 9.01. The fourth-order valence-corrected chi connectivity index (χ4v) is 3.88. The van der Waals surface area contributed by atoms with Crippen molar-refractivity contribution in [2.24, 2.45) is 0 Å². The van der Waals surface area contributed by atoms with Gasteiger partial charge in [0.05, 0.1) is 16.8 Å². The molecule has 0 fully saturated rings. The lowest BCUT2D eigenvalue weighted by atomic mass is 10.1. The molecule has 0 aliphatic carbocycles.